The average molecular weight is 254 g/mol. The molecule has 0 unspecified atom stereocenters. The third-order valence-corrected chi connectivity index (χ3v) is 2.21. The zero-order chi connectivity index (χ0) is 13.4. The first-order valence-electron chi connectivity index (χ1n) is 5.33. The Labute approximate surface area is 104 Å². The van der Waals surface area contributed by atoms with E-state index in [1.807, 2.05) is 6.07 Å². The molecule has 3 N–H and O–H groups in total. The summed E-state index contributed by atoms with van der Waals surface area (Å²) in [6.45, 7) is 1.19. The lowest BCUT2D eigenvalue weighted by atomic mass is 10.3. The summed E-state index contributed by atoms with van der Waals surface area (Å²) in [7, 11) is 1.55. The van der Waals surface area contributed by atoms with Crippen molar-refractivity contribution in [3.05, 3.63) is 12.0 Å². The van der Waals surface area contributed by atoms with Crippen LogP contribution in [0.25, 0.3) is 0 Å². The second kappa shape index (κ2) is 7.37. The summed E-state index contributed by atoms with van der Waals surface area (Å²) in [4.78, 5) is 9.21. The van der Waals surface area contributed by atoms with Gasteiger partial charge in [0.1, 0.15) is 0 Å². The van der Waals surface area contributed by atoms with E-state index in [2.05, 4.69) is 15.4 Å². The molecule has 7 nitrogen and oxygen atoms in total. The summed E-state index contributed by atoms with van der Waals surface area (Å²) >= 11 is 0. The van der Waals surface area contributed by atoms with Crippen molar-refractivity contribution >= 4 is 11.8 Å². The van der Waals surface area contributed by atoms with Gasteiger partial charge < -0.3 is 9.64 Å². The van der Waals surface area contributed by atoms with Crippen molar-refractivity contribution in [1.82, 2.24) is 9.97 Å². The van der Waals surface area contributed by atoms with Gasteiger partial charge in [-0.15, -0.1) is 0 Å². The molecule has 1 rings (SSSR count). The lowest BCUT2D eigenvalue weighted by molar-refractivity contribution is 0.205. The number of ether oxygens (including phenoxy) is 1. The van der Waals surface area contributed by atoms with Crippen molar-refractivity contribution < 1.29 is 9.13 Å². The van der Waals surface area contributed by atoms with Crippen LogP contribution in [0.3, 0.4) is 0 Å². The van der Waals surface area contributed by atoms with Crippen LogP contribution in [0, 0.1) is 17.1 Å². The molecule has 18 heavy (non-hydrogen) atoms. The normalized spacial score (nSPS) is 9.89. The maximum atomic E-state index is 13.7. The van der Waals surface area contributed by atoms with E-state index >= 15 is 0 Å². The summed E-state index contributed by atoms with van der Waals surface area (Å²) in [5.74, 6) is 4.83. The molecule has 1 aromatic heterocycles. The number of hydrogen-bond donors (Lipinski definition) is 2. The van der Waals surface area contributed by atoms with Gasteiger partial charge in [0.15, 0.2) is 11.6 Å². The summed E-state index contributed by atoms with van der Waals surface area (Å²) in [5.41, 5.74) is 2.25. The molecular formula is C10H15FN6O. The van der Waals surface area contributed by atoms with Gasteiger partial charge in [-0.1, -0.05) is 0 Å². The number of rotatable bonds is 7. The number of methoxy groups -OCH3 is 1. The fraction of sp³-hybridized carbons (Fsp3) is 0.500. The van der Waals surface area contributed by atoms with E-state index in [1.165, 1.54) is 0 Å². The number of nitrogens with two attached hydrogens (primary N) is 1. The number of nitrogen functional groups attached to an aromatic ring is 1. The Bertz CT molecular complexity index is 421. The number of hydrazine groups is 1. The van der Waals surface area contributed by atoms with Crippen LogP contribution in [0.5, 0.6) is 0 Å². The van der Waals surface area contributed by atoms with Gasteiger partial charge in [-0.05, 0) is 0 Å². The molecule has 0 saturated carbocycles. The Morgan fingerprint density at radius 1 is 1.61 bits per heavy atom. The number of nitrogens with zero attached hydrogens (tertiary/aromatic N) is 4. The minimum atomic E-state index is -0.567. The molecule has 0 aromatic carbocycles. The third kappa shape index (κ3) is 3.80. The van der Waals surface area contributed by atoms with E-state index in [9.17, 15) is 4.39 Å². The lowest BCUT2D eigenvalue weighted by Crippen LogP contribution is -2.30. The molecule has 0 aliphatic carbocycles. The number of hydrogen-bond acceptors (Lipinski definition) is 7. The molecule has 1 aromatic rings. The van der Waals surface area contributed by atoms with E-state index < -0.39 is 5.82 Å². The van der Waals surface area contributed by atoms with Crippen molar-refractivity contribution in [3.63, 3.8) is 0 Å². The van der Waals surface area contributed by atoms with Gasteiger partial charge in [0.05, 0.1) is 25.3 Å². The first-order chi connectivity index (χ1) is 8.72. The van der Waals surface area contributed by atoms with Crippen LogP contribution >= 0.6 is 0 Å². The Morgan fingerprint density at radius 2 is 2.39 bits per heavy atom. The molecule has 0 amide bonds. The van der Waals surface area contributed by atoms with E-state index in [0.717, 1.165) is 6.20 Å². The van der Waals surface area contributed by atoms with Crippen LogP contribution in [0.15, 0.2) is 6.20 Å². The predicted octanol–water partition coefficient (Wildman–Crippen LogP) is 0.268. The van der Waals surface area contributed by atoms with Crippen LogP contribution < -0.4 is 16.2 Å². The maximum absolute atomic E-state index is 13.7. The van der Waals surface area contributed by atoms with E-state index in [0.29, 0.717) is 19.7 Å². The van der Waals surface area contributed by atoms with Gasteiger partial charge in [0, 0.05) is 20.2 Å². The van der Waals surface area contributed by atoms with Crippen molar-refractivity contribution in [2.75, 3.05) is 37.1 Å². The summed E-state index contributed by atoms with van der Waals surface area (Å²) in [6.07, 6.45) is 1.29. The largest absolute Gasteiger partial charge is 0.383 e. The molecule has 0 atom stereocenters. The lowest BCUT2D eigenvalue weighted by Gasteiger charge is -2.22. The monoisotopic (exact) mass is 254 g/mol. The molecule has 0 radical (unpaired) electrons. The number of nitriles is 1. The second-order valence-corrected chi connectivity index (χ2v) is 3.40. The van der Waals surface area contributed by atoms with Gasteiger partial charge in [0.2, 0.25) is 5.95 Å². The highest BCUT2D eigenvalue weighted by Crippen LogP contribution is 2.17. The summed E-state index contributed by atoms with van der Waals surface area (Å²) in [6, 6.07) is 2.00. The van der Waals surface area contributed by atoms with Crippen molar-refractivity contribution in [2.24, 2.45) is 5.84 Å². The van der Waals surface area contributed by atoms with Crippen LogP contribution in [-0.4, -0.2) is 36.8 Å². The molecule has 0 saturated heterocycles. The van der Waals surface area contributed by atoms with Gasteiger partial charge in [0.25, 0.3) is 0 Å². The van der Waals surface area contributed by atoms with E-state index in [1.54, 1.807) is 12.0 Å². The Hall–Kier alpha value is -1.98. The van der Waals surface area contributed by atoms with Gasteiger partial charge >= 0.3 is 0 Å². The molecule has 0 bridgehead atoms. The maximum Gasteiger partial charge on any atom is 0.239 e. The highest BCUT2D eigenvalue weighted by molar-refractivity contribution is 5.43. The zero-order valence-electron chi connectivity index (χ0n) is 10.1. The number of halogens is 1. The molecule has 0 fully saturated rings. The summed E-state index contributed by atoms with van der Waals surface area (Å²) in [5, 5.41) is 8.59. The van der Waals surface area contributed by atoms with Crippen LogP contribution in [0.4, 0.5) is 16.2 Å². The first-order valence-corrected chi connectivity index (χ1v) is 5.33. The van der Waals surface area contributed by atoms with Crippen LogP contribution in [-0.2, 0) is 4.74 Å². The topological polar surface area (TPSA) is 100 Å². The fourth-order valence-corrected chi connectivity index (χ4v) is 1.36. The zero-order valence-corrected chi connectivity index (χ0v) is 10.1. The molecular weight excluding hydrogens is 239 g/mol. The smallest absolute Gasteiger partial charge is 0.239 e. The quantitative estimate of drug-likeness (QED) is 0.532. The summed E-state index contributed by atoms with van der Waals surface area (Å²) < 4.78 is 18.6. The van der Waals surface area contributed by atoms with Crippen LogP contribution in [0.2, 0.25) is 0 Å². The Balaban J connectivity index is 2.91. The molecule has 1 heterocycles. The van der Waals surface area contributed by atoms with Gasteiger partial charge in [-0.25, -0.2) is 15.2 Å². The second-order valence-electron chi connectivity index (χ2n) is 3.40. The molecule has 0 aliphatic rings. The number of nitrogens with one attached hydrogen (secondary N) is 1. The van der Waals surface area contributed by atoms with Crippen LogP contribution in [0.1, 0.15) is 6.42 Å². The fourth-order valence-electron chi connectivity index (χ4n) is 1.36. The van der Waals surface area contributed by atoms with E-state index in [-0.39, 0.29) is 18.2 Å². The number of anilines is 2. The standard InChI is InChI=1S/C10H15FN6O/c1-18-6-5-17(4-2-3-12)9-8(11)7-14-10(15-9)16-13/h7H,2,4-6,13H2,1H3,(H,14,15,16). The molecule has 98 valence electrons. The highest BCUT2D eigenvalue weighted by atomic mass is 19.1. The highest BCUT2D eigenvalue weighted by Gasteiger charge is 2.14. The molecule has 8 heteroatoms. The predicted molar refractivity (Wildman–Crippen MR) is 64.1 cm³/mol. The third-order valence-electron chi connectivity index (χ3n) is 2.21. The van der Waals surface area contributed by atoms with Gasteiger partial charge in [-0.3, -0.25) is 5.43 Å². The van der Waals surface area contributed by atoms with Crippen molar-refractivity contribution in [3.8, 4) is 6.07 Å². The Morgan fingerprint density at radius 3 is 3.00 bits per heavy atom. The number of aromatic nitrogens is 2. The molecule has 0 spiro atoms. The van der Waals surface area contributed by atoms with Crippen molar-refractivity contribution in [2.45, 2.75) is 6.42 Å². The Kier molecular flexibility index (Phi) is 5.76. The van der Waals surface area contributed by atoms with Crippen molar-refractivity contribution in [1.29, 1.82) is 5.26 Å². The average Bonchev–Trinajstić information content (AvgIpc) is 2.40. The SMILES string of the molecule is COCCN(CCC#N)c1nc(NN)ncc1F. The van der Waals surface area contributed by atoms with E-state index in [4.69, 9.17) is 15.8 Å². The first kappa shape index (κ1) is 14.1. The minimum Gasteiger partial charge on any atom is -0.383 e. The molecule has 0 aliphatic heterocycles. The van der Waals surface area contributed by atoms with Gasteiger partial charge in [-0.2, -0.15) is 10.2 Å². The minimum absolute atomic E-state index is 0.102.